The average Bonchev–Trinajstić information content (AvgIpc) is 2.77. The Balaban J connectivity index is 2.16. The number of halogens is 3. The first-order chi connectivity index (χ1) is 8.60. The zero-order chi connectivity index (χ0) is 13.1. The third kappa shape index (κ3) is 2.64. The Kier molecular flexibility index (Phi) is 3.55. The Morgan fingerprint density at radius 2 is 2.17 bits per heavy atom. The quantitative estimate of drug-likeness (QED) is 0.898. The van der Waals surface area contributed by atoms with Crippen molar-refractivity contribution in [2.75, 3.05) is 12.4 Å². The van der Waals surface area contributed by atoms with E-state index in [1.165, 1.54) is 6.08 Å². The Labute approximate surface area is 102 Å². The van der Waals surface area contributed by atoms with Crippen molar-refractivity contribution in [3.63, 3.8) is 0 Å². The second-order valence-corrected chi connectivity index (χ2v) is 3.88. The van der Waals surface area contributed by atoms with E-state index in [0.717, 1.165) is 6.08 Å². The standard InChI is InChI=1S/C12H12F3N3/c1-16-11-6-18(7-17-11)5-8-2-3-9(13)12(15)10(14)4-8/h2,4,6-7,16H,3,5H2,1H3. The molecule has 0 saturated heterocycles. The van der Waals surface area contributed by atoms with Crippen molar-refractivity contribution in [1.82, 2.24) is 9.55 Å². The molecule has 18 heavy (non-hydrogen) atoms. The van der Waals surface area contributed by atoms with Gasteiger partial charge in [-0.15, -0.1) is 0 Å². The second kappa shape index (κ2) is 5.12. The van der Waals surface area contributed by atoms with Crippen LogP contribution in [0.25, 0.3) is 0 Å². The molecule has 1 heterocycles. The van der Waals surface area contributed by atoms with Gasteiger partial charge in [-0.1, -0.05) is 6.08 Å². The molecule has 96 valence electrons. The van der Waals surface area contributed by atoms with Gasteiger partial charge in [-0.25, -0.2) is 18.2 Å². The van der Waals surface area contributed by atoms with E-state index in [-0.39, 0.29) is 6.42 Å². The zero-order valence-corrected chi connectivity index (χ0v) is 9.75. The van der Waals surface area contributed by atoms with E-state index < -0.39 is 17.5 Å². The summed E-state index contributed by atoms with van der Waals surface area (Å²) in [6.45, 7) is 0.308. The van der Waals surface area contributed by atoms with Crippen LogP contribution in [0.5, 0.6) is 0 Å². The molecule has 1 aromatic heterocycles. The maximum absolute atomic E-state index is 13.2. The van der Waals surface area contributed by atoms with Crippen LogP contribution in [0.1, 0.15) is 6.42 Å². The summed E-state index contributed by atoms with van der Waals surface area (Å²) in [6, 6.07) is 0. The molecule has 0 atom stereocenters. The monoisotopic (exact) mass is 255 g/mol. The summed E-state index contributed by atoms with van der Waals surface area (Å²) >= 11 is 0. The summed E-state index contributed by atoms with van der Waals surface area (Å²) in [6.07, 6.45) is 5.50. The van der Waals surface area contributed by atoms with E-state index in [2.05, 4.69) is 10.3 Å². The van der Waals surface area contributed by atoms with Gasteiger partial charge in [0.25, 0.3) is 0 Å². The minimum Gasteiger partial charge on any atom is -0.372 e. The van der Waals surface area contributed by atoms with Gasteiger partial charge in [-0.05, 0) is 11.6 Å². The van der Waals surface area contributed by atoms with Gasteiger partial charge in [-0.2, -0.15) is 0 Å². The fourth-order valence-corrected chi connectivity index (χ4v) is 1.62. The van der Waals surface area contributed by atoms with E-state index >= 15 is 0 Å². The molecule has 0 unspecified atom stereocenters. The molecule has 1 aromatic rings. The van der Waals surface area contributed by atoms with Gasteiger partial charge in [0, 0.05) is 26.2 Å². The highest BCUT2D eigenvalue weighted by Gasteiger charge is 2.15. The molecule has 0 amide bonds. The summed E-state index contributed by atoms with van der Waals surface area (Å²) in [5.41, 5.74) is 0.496. The zero-order valence-electron chi connectivity index (χ0n) is 9.75. The van der Waals surface area contributed by atoms with Crippen LogP contribution in [0.3, 0.4) is 0 Å². The highest BCUT2D eigenvalue weighted by molar-refractivity contribution is 5.36. The molecule has 0 fully saturated rings. The first-order valence-electron chi connectivity index (χ1n) is 5.40. The number of imidazole rings is 1. The van der Waals surface area contributed by atoms with Crippen LogP contribution in [0.2, 0.25) is 0 Å². The molecule has 1 aliphatic rings. The molecule has 1 aliphatic carbocycles. The van der Waals surface area contributed by atoms with Crippen molar-refractivity contribution in [3.05, 3.63) is 47.7 Å². The fraction of sp³-hybridized carbons (Fsp3) is 0.250. The lowest BCUT2D eigenvalue weighted by Crippen LogP contribution is -1.97. The Morgan fingerprint density at radius 1 is 1.39 bits per heavy atom. The van der Waals surface area contributed by atoms with Gasteiger partial charge in [0.15, 0.2) is 11.7 Å². The molecule has 1 N–H and O–H groups in total. The number of hydrogen-bond donors (Lipinski definition) is 1. The topological polar surface area (TPSA) is 29.9 Å². The maximum atomic E-state index is 13.2. The molecule has 0 saturated carbocycles. The number of anilines is 1. The number of nitrogens with one attached hydrogen (secondary N) is 1. The van der Waals surface area contributed by atoms with Crippen LogP contribution in [-0.4, -0.2) is 16.6 Å². The summed E-state index contributed by atoms with van der Waals surface area (Å²) in [7, 11) is 1.73. The predicted molar refractivity (Wildman–Crippen MR) is 62.9 cm³/mol. The van der Waals surface area contributed by atoms with Crippen molar-refractivity contribution in [3.8, 4) is 0 Å². The van der Waals surface area contributed by atoms with E-state index in [1.807, 2.05) is 0 Å². The highest BCUT2D eigenvalue weighted by atomic mass is 19.2. The molecule has 0 radical (unpaired) electrons. The van der Waals surface area contributed by atoms with Crippen LogP contribution >= 0.6 is 0 Å². The largest absolute Gasteiger partial charge is 0.372 e. The lowest BCUT2D eigenvalue weighted by atomic mass is 10.2. The average molecular weight is 255 g/mol. The Bertz CT molecular complexity index is 541. The van der Waals surface area contributed by atoms with Crippen molar-refractivity contribution in [2.45, 2.75) is 13.0 Å². The molecule has 0 aromatic carbocycles. The van der Waals surface area contributed by atoms with Crippen LogP contribution in [0, 0.1) is 0 Å². The van der Waals surface area contributed by atoms with E-state index in [9.17, 15) is 13.2 Å². The second-order valence-electron chi connectivity index (χ2n) is 3.88. The summed E-state index contributed by atoms with van der Waals surface area (Å²) < 4.78 is 40.9. The van der Waals surface area contributed by atoms with E-state index in [0.29, 0.717) is 17.9 Å². The third-order valence-electron chi connectivity index (χ3n) is 2.56. The summed E-state index contributed by atoms with van der Waals surface area (Å²) in [5.74, 6) is -3.00. The van der Waals surface area contributed by atoms with Gasteiger partial charge < -0.3 is 9.88 Å². The van der Waals surface area contributed by atoms with Gasteiger partial charge in [0.2, 0.25) is 0 Å². The highest BCUT2D eigenvalue weighted by Crippen LogP contribution is 2.27. The van der Waals surface area contributed by atoms with Crippen molar-refractivity contribution >= 4 is 5.82 Å². The Morgan fingerprint density at radius 3 is 2.83 bits per heavy atom. The van der Waals surface area contributed by atoms with Crippen LogP contribution in [0.15, 0.2) is 47.7 Å². The summed E-state index contributed by atoms with van der Waals surface area (Å²) in [4.78, 5) is 4.02. The molecule has 0 bridgehead atoms. The molecular formula is C12H12F3N3. The molecule has 6 heteroatoms. The molecule has 0 spiro atoms. The molecule has 0 aliphatic heterocycles. The van der Waals surface area contributed by atoms with Crippen LogP contribution in [0.4, 0.5) is 19.0 Å². The van der Waals surface area contributed by atoms with Gasteiger partial charge in [0.05, 0.1) is 6.33 Å². The van der Waals surface area contributed by atoms with E-state index in [4.69, 9.17) is 0 Å². The fourth-order valence-electron chi connectivity index (χ4n) is 1.62. The van der Waals surface area contributed by atoms with Gasteiger partial charge in [0.1, 0.15) is 11.6 Å². The van der Waals surface area contributed by atoms with Crippen molar-refractivity contribution < 1.29 is 13.2 Å². The molecule has 3 nitrogen and oxygen atoms in total. The number of nitrogens with zero attached hydrogens (tertiary/aromatic N) is 2. The van der Waals surface area contributed by atoms with Crippen molar-refractivity contribution in [1.29, 1.82) is 0 Å². The van der Waals surface area contributed by atoms with Crippen LogP contribution in [-0.2, 0) is 6.54 Å². The van der Waals surface area contributed by atoms with Gasteiger partial charge >= 0.3 is 0 Å². The smallest absolute Gasteiger partial charge is 0.190 e. The normalized spacial score (nSPS) is 16.2. The molecular weight excluding hydrogens is 243 g/mol. The van der Waals surface area contributed by atoms with Crippen LogP contribution < -0.4 is 5.32 Å². The number of allylic oxidation sites excluding steroid dienone is 6. The lowest BCUT2D eigenvalue weighted by molar-refractivity contribution is 0.488. The number of aromatic nitrogens is 2. The Hall–Kier alpha value is -1.98. The summed E-state index contributed by atoms with van der Waals surface area (Å²) in [5, 5.41) is 2.85. The number of hydrogen-bond acceptors (Lipinski definition) is 2. The van der Waals surface area contributed by atoms with E-state index in [1.54, 1.807) is 24.1 Å². The predicted octanol–water partition coefficient (Wildman–Crippen LogP) is 3.26. The first kappa shape index (κ1) is 12.5. The molecule has 2 rings (SSSR count). The van der Waals surface area contributed by atoms with Crippen molar-refractivity contribution in [2.24, 2.45) is 0 Å². The third-order valence-corrected chi connectivity index (χ3v) is 2.56. The minimum atomic E-state index is -1.41. The number of rotatable bonds is 3. The minimum absolute atomic E-state index is 0.237. The maximum Gasteiger partial charge on any atom is 0.190 e. The van der Waals surface area contributed by atoms with Gasteiger partial charge in [-0.3, -0.25) is 0 Å². The first-order valence-corrected chi connectivity index (χ1v) is 5.40. The SMILES string of the molecule is CNc1cn(CC2=CCC(F)=C(F)C(F)=C2)cn1. The lowest BCUT2D eigenvalue weighted by Gasteiger charge is -2.02.